The molecule has 0 saturated carbocycles. The standard InChI is InChI=1S/C9H12O.8C7H8/c10-8-4-7-9-5-2-1-3-6-9;8*1-7-5-3-2-4-6-7/h1-3,5-6,10H,4,7-8H2;8*2-6H,1H3. The van der Waals surface area contributed by atoms with Crippen LogP contribution in [-0.2, 0) is 6.42 Å². The van der Waals surface area contributed by atoms with Crippen molar-refractivity contribution in [2.24, 2.45) is 0 Å². The van der Waals surface area contributed by atoms with Gasteiger partial charge < -0.3 is 5.11 Å². The zero-order chi connectivity index (χ0) is 48.1. The van der Waals surface area contributed by atoms with Crippen LogP contribution in [0.5, 0.6) is 0 Å². The molecular formula is C65H76O. The first-order valence-corrected chi connectivity index (χ1v) is 22.9. The molecule has 0 aliphatic rings. The van der Waals surface area contributed by atoms with Gasteiger partial charge in [-0.15, -0.1) is 0 Å². The summed E-state index contributed by atoms with van der Waals surface area (Å²) in [5.41, 5.74) is 11.9. The number of benzene rings is 9. The van der Waals surface area contributed by atoms with Crippen molar-refractivity contribution in [1.82, 2.24) is 0 Å². The van der Waals surface area contributed by atoms with Gasteiger partial charge in [0.2, 0.25) is 0 Å². The lowest BCUT2D eigenvalue weighted by Crippen LogP contribution is -1.87. The van der Waals surface area contributed by atoms with E-state index >= 15 is 0 Å². The summed E-state index contributed by atoms with van der Waals surface area (Å²) >= 11 is 0. The Morgan fingerprint density at radius 1 is 0.212 bits per heavy atom. The summed E-state index contributed by atoms with van der Waals surface area (Å²) < 4.78 is 0. The molecule has 9 rings (SSSR count). The highest BCUT2D eigenvalue weighted by molar-refractivity contribution is 5.17. The van der Waals surface area contributed by atoms with Crippen LogP contribution in [0.25, 0.3) is 0 Å². The summed E-state index contributed by atoms with van der Waals surface area (Å²) in [6.07, 6.45) is 1.85. The van der Waals surface area contributed by atoms with E-state index < -0.39 is 0 Å². The Morgan fingerprint density at radius 2 is 0.348 bits per heavy atom. The molecule has 0 fully saturated rings. The Hall–Kier alpha value is -7.06. The summed E-state index contributed by atoms with van der Waals surface area (Å²) in [5.74, 6) is 0. The van der Waals surface area contributed by atoms with Crippen LogP contribution in [0.4, 0.5) is 0 Å². The van der Waals surface area contributed by atoms with E-state index in [-0.39, 0.29) is 6.61 Å². The minimum absolute atomic E-state index is 0.287. The van der Waals surface area contributed by atoms with Crippen molar-refractivity contribution in [2.45, 2.75) is 68.2 Å². The van der Waals surface area contributed by atoms with Crippen molar-refractivity contribution < 1.29 is 5.11 Å². The van der Waals surface area contributed by atoms with Gasteiger partial charge in [-0.1, -0.05) is 317 Å². The Morgan fingerprint density at radius 3 is 0.455 bits per heavy atom. The maximum atomic E-state index is 8.53. The van der Waals surface area contributed by atoms with Gasteiger partial charge in [0.15, 0.2) is 0 Å². The molecule has 1 N–H and O–H groups in total. The van der Waals surface area contributed by atoms with E-state index in [2.05, 4.69) is 165 Å². The topological polar surface area (TPSA) is 20.2 Å². The lowest BCUT2D eigenvalue weighted by Gasteiger charge is -1.96. The Kier molecular flexibility index (Phi) is 35.1. The van der Waals surface area contributed by atoms with Crippen molar-refractivity contribution in [3.63, 3.8) is 0 Å². The monoisotopic (exact) mass is 873 g/mol. The quantitative estimate of drug-likeness (QED) is 0.188. The Labute approximate surface area is 401 Å². The normalized spacial score (nSPS) is 8.86. The van der Waals surface area contributed by atoms with E-state index in [0.717, 1.165) is 12.8 Å². The second kappa shape index (κ2) is 40.7. The third kappa shape index (κ3) is 37.5. The smallest absolute Gasteiger partial charge is 0.0434 e. The first-order chi connectivity index (χ1) is 32.1. The lowest BCUT2D eigenvalue weighted by molar-refractivity contribution is 0.288. The molecule has 0 aliphatic heterocycles. The van der Waals surface area contributed by atoms with E-state index in [1.165, 1.54) is 50.1 Å². The highest BCUT2D eigenvalue weighted by Crippen LogP contribution is 2.01. The number of hydrogen-bond donors (Lipinski definition) is 1. The fourth-order valence-corrected chi connectivity index (χ4v) is 5.20. The second-order valence-corrected chi connectivity index (χ2v) is 15.6. The fourth-order valence-electron chi connectivity index (χ4n) is 5.20. The molecular weight excluding hydrogens is 797 g/mol. The van der Waals surface area contributed by atoms with Gasteiger partial charge in [0.1, 0.15) is 0 Å². The van der Waals surface area contributed by atoms with E-state index in [1.54, 1.807) is 0 Å². The summed E-state index contributed by atoms with van der Waals surface area (Å²) in [6.45, 7) is 17.0. The maximum Gasteiger partial charge on any atom is 0.0434 e. The average molecular weight is 873 g/mol. The molecule has 0 unspecified atom stereocenters. The molecule has 0 aliphatic carbocycles. The molecule has 0 aromatic heterocycles. The molecule has 0 heterocycles. The largest absolute Gasteiger partial charge is 0.396 e. The SMILES string of the molecule is Cc1ccccc1.Cc1ccccc1.Cc1ccccc1.Cc1ccccc1.Cc1ccccc1.Cc1ccccc1.Cc1ccccc1.Cc1ccccc1.OCCCc1ccccc1. The molecule has 0 amide bonds. The van der Waals surface area contributed by atoms with Crippen LogP contribution in [0.3, 0.4) is 0 Å². The van der Waals surface area contributed by atoms with Gasteiger partial charge in [-0.05, 0) is 73.8 Å². The summed E-state index contributed by atoms with van der Waals surface area (Å²) in [6, 6.07) is 92.3. The molecule has 0 saturated heterocycles. The van der Waals surface area contributed by atoms with E-state index in [9.17, 15) is 0 Å². The van der Waals surface area contributed by atoms with Gasteiger partial charge >= 0.3 is 0 Å². The third-order valence-electron chi connectivity index (χ3n) is 8.99. The molecule has 0 bridgehead atoms. The first-order valence-electron chi connectivity index (χ1n) is 22.9. The number of aliphatic hydroxyl groups excluding tert-OH is 1. The molecule has 0 spiro atoms. The maximum absolute atomic E-state index is 8.53. The van der Waals surface area contributed by atoms with E-state index in [0.29, 0.717) is 0 Å². The molecule has 0 atom stereocenters. The van der Waals surface area contributed by atoms with Crippen LogP contribution in [0.1, 0.15) is 56.5 Å². The highest BCUT2D eigenvalue weighted by atomic mass is 16.2. The lowest BCUT2D eigenvalue weighted by atomic mass is 10.1. The van der Waals surface area contributed by atoms with Crippen LogP contribution >= 0.6 is 0 Å². The minimum Gasteiger partial charge on any atom is -0.396 e. The predicted octanol–water partition coefficient (Wildman–Crippen LogP) is 17.6. The fraction of sp³-hybridized carbons (Fsp3) is 0.169. The van der Waals surface area contributed by atoms with Crippen LogP contribution in [-0.4, -0.2) is 11.7 Å². The molecule has 1 heteroatoms. The Bertz CT molecular complexity index is 1850. The molecule has 342 valence electrons. The van der Waals surface area contributed by atoms with Gasteiger partial charge in [-0.2, -0.15) is 0 Å². The van der Waals surface area contributed by atoms with Crippen molar-refractivity contribution in [3.8, 4) is 0 Å². The van der Waals surface area contributed by atoms with E-state index in [4.69, 9.17) is 5.11 Å². The van der Waals surface area contributed by atoms with Crippen molar-refractivity contribution in [3.05, 3.63) is 323 Å². The number of aryl methyl sites for hydroxylation is 9. The molecule has 9 aromatic carbocycles. The highest BCUT2D eigenvalue weighted by Gasteiger charge is 1.88. The summed E-state index contributed by atoms with van der Waals surface area (Å²) in [5, 5.41) is 8.53. The minimum atomic E-state index is 0.287. The van der Waals surface area contributed by atoms with Crippen LogP contribution in [0.2, 0.25) is 0 Å². The van der Waals surface area contributed by atoms with Gasteiger partial charge in [0, 0.05) is 6.61 Å². The van der Waals surface area contributed by atoms with Crippen LogP contribution in [0, 0.1) is 55.4 Å². The van der Waals surface area contributed by atoms with Crippen LogP contribution in [0.15, 0.2) is 273 Å². The molecule has 9 aromatic rings. The molecule has 0 radical (unpaired) electrons. The van der Waals surface area contributed by atoms with Gasteiger partial charge in [-0.3, -0.25) is 0 Å². The number of hydrogen-bond acceptors (Lipinski definition) is 1. The first kappa shape index (κ1) is 57.0. The average Bonchev–Trinajstić information content (AvgIpc) is 3.35. The van der Waals surface area contributed by atoms with Gasteiger partial charge in [-0.25, -0.2) is 0 Å². The van der Waals surface area contributed by atoms with Crippen molar-refractivity contribution >= 4 is 0 Å². The van der Waals surface area contributed by atoms with E-state index in [1.807, 2.05) is 164 Å². The Balaban J connectivity index is 0.000000372. The van der Waals surface area contributed by atoms with Gasteiger partial charge in [0.25, 0.3) is 0 Å². The van der Waals surface area contributed by atoms with Crippen molar-refractivity contribution in [2.75, 3.05) is 6.61 Å². The van der Waals surface area contributed by atoms with Gasteiger partial charge in [0.05, 0.1) is 0 Å². The number of rotatable bonds is 3. The zero-order valence-electron chi connectivity index (χ0n) is 41.0. The van der Waals surface area contributed by atoms with Crippen molar-refractivity contribution in [1.29, 1.82) is 0 Å². The summed E-state index contributed by atoms with van der Waals surface area (Å²) in [4.78, 5) is 0. The third-order valence-corrected chi connectivity index (χ3v) is 8.99. The summed E-state index contributed by atoms with van der Waals surface area (Å²) in [7, 11) is 0. The second-order valence-electron chi connectivity index (χ2n) is 15.6. The predicted molar refractivity (Wildman–Crippen MR) is 291 cm³/mol. The van der Waals surface area contributed by atoms with Crippen LogP contribution < -0.4 is 0 Å². The molecule has 66 heavy (non-hydrogen) atoms. The zero-order valence-corrected chi connectivity index (χ0v) is 41.0. The molecule has 1 nitrogen and oxygen atoms in total. The number of aliphatic hydroxyl groups is 1.